The normalized spacial score (nSPS) is 19.7. The van der Waals surface area contributed by atoms with Crippen molar-refractivity contribution >= 4 is 17.4 Å². The van der Waals surface area contributed by atoms with Crippen LogP contribution in [-0.2, 0) is 6.54 Å². The number of nitrogen functional groups attached to an aromatic ring is 1. The lowest BCUT2D eigenvalue weighted by molar-refractivity contribution is 0.252. The van der Waals surface area contributed by atoms with Crippen molar-refractivity contribution in [3.63, 3.8) is 0 Å². The van der Waals surface area contributed by atoms with E-state index in [0.717, 1.165) is 31.1 Å². The second kappa shape index (κ2) is 5.41. The van der Waals surface area contributed by atoms with E-state index in [4.69, 9.17) is 10.5 Å². The van der Waals surface area contributed by atoms with Gasteiger partial charge in [0.05, 0.1) is 7.11 Å². The van der Waals surface area contributed by atoms with Crippen LogP contribution >= 0.6 is 11.8 Å². The van der Waals surface area contributed by atoms with Crippen LogP contribution in [0.5, 0.6) is 5.75 Å². The molecule has 4 heteroatoms. The smallest absolute Gasteiger partial charge is 0.121 e. The Labute approximate surface area is 114 Å². The van der Waals surface area contributed by atoms with Gasteiger partial charge in [-0.1, -0.05) is 0 Å². The van der Waals surface area contributed by atoms with Gasteiger partial charge < -0.3 is 10.5 Å². The molecule has 0 aromatic heterocycles. The highest BCUT2D eigenvalue weighted by Gasteiger charge is 2.26. The molecule has 1 aliphatic rings. The molecule has 0 bridgehead atoms. The van der Waals surface area contributed by atoms with E-state index in [1.807, 2.05) is 12.1 Å². The maximum Gasteiger partial charge on any atom is 0.121 e. The van der Waals surface area contributed by atoms with Crippen molar-refractivity contribution in [3.05, 3.63) is 23.8 Å². The molecule has 0 aliphatic carbocycles. The van der Waals surface area contributed by atoms with E-state index in [0.29, 0.717) is 4.75 Å². The average Bonchev–Trinajstić information content (AvgIpc) is 2.26. The standard InChI is InChI=1S/C14H22N2OS/c1-14(2)10-16(4-5-18-14)9-11-6-12(15)8-13(7-11)17-3/h6-8H,4-5,9-10,15H2,1-3H3. The molecule has 18 heavy (non-hydrogen) atoms. The molecule has 0 unspecified atom stereocenters. The quantitative estimate of drug-likeness (QED) is 0.854. The number of hydrogen-bond acceptors (Lipinski definition) is 4. The van der Waals surface area contributed by atoms with E-state index < -0.39 is 0 Å². The summed E-state index contributed by atoms with van der Waals surface area (Å²) in [6.07, 6.45) is 0. The zero-order valence-corrected chi connectivity index (χ0v) is 12.2. The van der Waals surface area contributed by atoms with Gasteiger partial charge in [0.25, 0.3) is 0 Å². The fourth-order valence-corrected chi connectivity index (χ4v) is 3.58. The first-order valence-corrected chi connectivity index (χ1v) is 7.27. The summed E-state index contributed by atoms with van der Waals surface area (Å²) in [5.41, 5.74) is 7.89. The highest BCUT2D eigenvalue weighted by atomic mass is 32.2. The number of hydrogen-bond donors (Lipinski definition) is 1. The van der Waals surface area contributed by atoms with Crippen LogP contribution in [0.4, 0.5) is 5.69 Å². The maximum atomic E-state index is 5.89. The SMILES string of the molecule is COc1cc(N)cc(CN2CCSC(C)(C)C2)c1. The van der Waals surface area contributed by atoms with Crippen molar-refractivity contribution in [1.82, 2.24) is 4.90 Å². The average molecular weight is 266 g/mol. The van der Waals surface area contributed by atoms with Crippen molar-refractivity contribution in [3.8, 4) is 5.75 Å². The monoisotopic (exact) mass is 266 g/mol. The summed E-state index contributed by atoms with van der Waals surface area (Å²) in [6.45, 7) is 7.83. The van der Waals surface area contributed by atoms with Gasteiger partial charge in [-0.25, -0.2) is 0 Å². The molecule has 1 saturated heterocycles. The first kappa shape index (κ1) is 13.6. The van der Waals surface area contributed by atoms with Gasteiger partial charge in [-0.05, 0) is 31.5 Å². The van der Waals surface area contributed by atoms with Gasteiger partial charge in [0, 0.05) is 41.9 Å². The first-order chi connectivity index (χ1) is 8.48. The van der Waals surface area contributed by atoms with E-state index in [9.17, 15) is 0 Å². The molecule has 1 aromatic carbocycles. The molecule has 0 saturated carbocycles. The molecule has 100 valence electrons. The largest absolute Gasteiger partial charge is 0.497 e. The third kappa shape index (κ3) is 3.56. The van der Waals surface area contributed by atoms with Crippen LogP contribution in [0, 0.1) is 0 Å². The number of benzene rings is 1. The minimum absolute atomic E-state index is 0.350. The van der Waals surface area contributed by atoms with Crippen molar-refractivity contribution in [2.75, 3.05) is 31.7 Å². The van der Waals surface area contributed by atoms with Gasteiger partial charge in [0.15, 0.2) is 0 Å². The summed E-state index contributed by atoms with van der Waals surface area (Å²) in [6, 6.07) is 5.97. The van der Waals surface area contributed by atoms with Crippen molar-refractivity contribution in [2.24, 2.45) is 0 Å². The van der Waals surface area contributed by atoms with Gasteiger partial charge >= 0.3 is 0 Å². The van der Waals surface area contributed by atoms with E-state index in [1.54, 1.807) is 7.11 Å². The first-order valence-electron chi connectivity index (χ1n) is 6.28. The topological polar surface area (TPSA) is 38.5 Å². The number of nitrogens with zero attached hydrogens (tertiary/aromatic N) is 1. The highest BCUT2D eigenvalue weighted by Crippen LogP contribution is 2.30. The lowest BCUT2D eigenvalue weighted by Crippen LogP contribution is -2.42. The zero-order valence-electron chi connectivity index (χ0n) is 11.4. The predicted molar refractivity (Wildman–Crippen MR) is 79.2 cm³/mol. The summed E-state index contributed by atoms with van der Waals surface area (Å²) >= 11 is 2.05. The Balaban J connectivity index is 2.07. The molecular weight excluding hydrogens is 244 g/mol. The zero-order chi connectivity index (χ0) is 13.2. The molecule has 0 spiro atoms. The molecule has 2 rings (SSSR count). The highest BCUT2D eigenvalue weighted by molar-refractivity contribution is 8.00. The van der Waals surface area contributed by atoms with E-state index in [2.05, 4.69) is 36.6 Å². The van der Waals surface area contributed by atoms with Crippen molar-refractivity contribution < 1.29 is 4.74 Å². The number of ether oxygens (including phenoxy) is 1. The molecule has 0 atom stereocenters. The summed E-state index contributed by atoms with van der Waals surface area (Å²) in [7, 11) is 1.68. The Kier molecular flexibility index (Phi) is 4.07. The molecule has 1 aromatic rings. The summed E-state index contributed by atoms with van der Waals surface area (Å²) in [5.74, 6) is 2.04. The summed E-state index contributed by atoms with van der Waals surface area (Å²) in [4.78, 5) is 2.49. The second-order valence-corrected chi connectivity index (χ2v) is 7.24. The third-order valence-electron chi connectivity index (χ3n) is 3.14. The van der Waals surface area contributed by atoms with Gasteiger partial charge in [0.2, 0.25) is 0 Å². The minimum Gasteiger partial charge on any atom is -0.497 e. The molecule has 1 fully saturated rings. The van der Waals surface area contributed by atoms with Crippen molar-refractivity contribution in [2.45, 2.75) is 25.1 Å². The minimum atomic E-state index is 0.350. The molecular formula is C14H22N2OS. The predicted octanol–water partition coefficient (Wildman–Crippen LogP) is 2.60. The Hall–Kier alpha value is -0.870. The van der Waals surface area contributed by atoms with Crippen LogP contribution in [0.15, 0.2) is 18.2 Å². The summed E-state index contributed by atoms with van der Waals surface area (Å²) < 4.78 is 5.61. The molecule has 3 nitrogen and oxygen atoms in total. The van der Waals surface area contributed by atoms with Crippen LogP contribution in [0.3, 0.4) is 0 Å². The maximum absolute atomic E-state index is 5.89. The van der Waals surface area contributed by atoms with Crippen LogP contribution in [-0.4, -0.2) is 35.6 Å². The molecule has 1 aliphatic heterocycles. The van der Waals surface area contributed by atoms with Crippen LogP contribution in [0.25, 0.3) is 0 Å². The molecule has 0 amide bonds. The third-order valence-corrected chi connectivity index (χ3v) is 4.43. The fraction of sp³-hybridized carbons (Fsp3) is 0.571. The van der Waals surface area contributed by atoms with E-state index in [1.165, 1.54) is 11.3 Å². The van der Waals surface area contributed by atoms with Crippen LogP contribution in [0.2, 0.25) is 0 Å². The fourth-order valence-electron chi connectivity index (χ4n) is 2.40. The Morgan fingerprint density at radius 3 is 2.83 bits per heavy atom. The second-order valence-electron chi connectivity index (χ2n) is 5.43. The molecule has 1 heterocycles. The van der Waals surface area contributed by atoms with E-state index in [-0.39, 0.29) is 0 Å². The number of methoxy groups -OCH3 is 1. The van der Waals surface area contributed by atoms with Crippen molar-refractivity contribution in [1.29, 1.82) is 0 Å². The molecule has 0 radical (unpaired) electrons. The lowest BCUT2D eigenvalue weighted by Gasteiger charge is -2.37. The summed E-state index contributed by atoms with van der Waals surface area (Å²) in [5, 5.41) is 0. The van der Waals surface area contributed by atoms with Gasteiger partial charge in [0.1, 0.15) is 5.75 Å². The van der Waals surface area contributed by atoms with Crippen LogP contribution < -0.4 is 10.5 Å². The van der Waals surface area contributed by atoms with E-state index >= 15 is 0 Å². The number of thioether (sulfide) groups is 1. The van der Waals surface area contributed by atoms with Gasteiger partial charge in [-0.2, -0.15) is 11.8 Å². The number of nitrogens with two attached hydrogens (primary N) is 1. The Morgan fingerprint density at radius 2 is 2.17 bits per heavy atom. The van der Waals surface area contributed by atoms with Gasteiger partial charge in [-0.15, -0.1) is 0 Å². The Bertz CT molecular complexity index is 420. The van der Waals surface area contributed by atoms with Crippen LogP contribution in [0.1, 0.15) is 19.4 Å². The number of rotatable bonds is 3. The molecule has 2 N–H and O–H groups in total. The lowest BCUT2D eigenvalue weighted by atomic mass is 10.1. The number of anilines is 1. The Morgan fingerprint density at radius 1 is 1.39 bits per heavy atom. The van der Waals surface area contributed by atoms with Gasteiger partial charge in [-0.3, -0.25) is 4.90 Å².